The summed E-state index contributed by atoms with van der Waals surface area (Å²) in [6, 6.07) is 0. The van der Waals surface area contributed by atoms with E-state index in [1.54, 1.807) is 5.57 Å². The van der Waals surface area contributed by atoms with E-state index in [1.807, 2.05) is 0 Å². The zero-order valence-corrected chi connectivity index (χ0v) is 12.6. The minimum Gasteiger partial charge on any atom is -0.481 e. The van der Waals surface area contributed by atoms with Crippen molar-refractivity contribution in [3.63, 3.8) is 0 Å². The van der Waals surface area contributed by atoms with Gasteiger partial charge in [-0.1, -0.05) is 29.7 Å². The predicted molar refractivity (Wildman–Crippen MR) is 77.9 cm³/mol. The largest absolute Gasteiger partial charge is 0.481 e. The monoisotopic (exact) mass is 262 g/mol. The Labute approximate surface area is 116 Å². The summed E-state index contributed by atoms with van der Waals surface area (Å²) in [6.07, 6.45) is 5.99. The van der Waals surface area contributed by atoms with Crippen LogP contribution < -0.4 is 0 Å². The van der Waals surface area contributed by atoms with Gasteiger partial charge in [-0.25, -0.2) is 0 Å². The lowest BCUT2D eigenvalue weighted by Gasteiger charge is -2.24. The van der Waals surface area contributed by atoms with E-state index in [9.17, 15) is 4.79 Å². The highest BCUT2D eigenvalue weighted by Gasteiger charge is 2.38. The third-order valence-corrected chi connectivity index (χ3v) is 5.10. The second-order valence-electron chi connectivity index (χ2n) is 6.76. The Bertz CT molecular complexity index is 427. The number of hydrogen-bond acceptors (Lipinski definition) is 1. The molecule has 0 bridgehead atoms. The fraction of sp³-hybridized carbons (Fsp3) is 0.706. The number of allylic oxidation sites excluding steroid dienone is 4. The molecule has 0 aromatic heterocycles. The average molecular weight is 262 g/mol. The van der Waals surface area contributed by atoms with Crippen molar-refractivity contribution < 1.29 is 9.90 Å². The molecule has 4 atom stereocenters. The second-order valence-corrected chi connectivity index (χ2v) is 6.76. The molecule has 1 fully saturated rings. The molecule has 19 heavy (non-hydrogen) atoms. The van der Waals surface area contributed by atoms with Gasteiger partial charge in [0.05, 0.1) is 6.42 Å². The fourth-order valence-corrected chi connectivity index (χ4v) is 4.01. The van der Waals surface area contributed by atoms with Crippen LogP contribution in [-0.4, -0.2) is 11.1 Å². The van der Waals surface area contributed by atoms with Crippen molar-refractivity contribution in [1.82, 2.24) is 0 Å². The lowest BCUT2D eigenvalue weighted by atomic mass is 9.81. The highest BCUT2D eigenvalue weighted by molar-refractivity contribution is 5.67. The molecule has 4 unspecified atom stereocenters. The van der Waals surface area contributed by atoms with Crippen LogP contribution in [0, 0.1) is 23.7 Å². The second kappa shape index (κ2) is 5.52. The minimum atomic E-state index is -0.668. The third kappa shape index (κ3) is 3.10. The maximum absolute atomic E-state index is 10.9. The van der Waals surface area contributed by atoms with Gasteiger partial charge in [-0.05, 0) is 63.7 Å². The fourth-order valence-electron chi connectivity index (χ4n) is 4.01. The lowest BCUT2D eigenvalue weighted by Crippen LogP contribution is -2.17. The van der Waals surface area contributed by atoms with Gasteiger partial charge < -0.3 is 5.11 Å². The van der Waals surface area contributed by atoms with Crippen molar-refractivity contribution in [2.75, 3.05) is 0 Å². The van der Waals surface area contributed by atoms with Gasteiger partial charge in [0.2, 0.25) is 0 Å². The van der Waals surface area contributed by atoms with Gasteiger partial charge in [-0.3, -0.25) is 4.79 Å². The van der Waals surface area contributed by atoms with Crippen LogP contribution in [0.1, 0.15) is 53.4 Å². The molecule has 2 nitrogen and oxygen atoms in total. The first-order valence-electron chi connectivity index (χ1n) is 7.43. The summed E-state index contributed by atoms with van der Waals surface area (Å²) < 4.78 is 0. The minimum absolute atomic E-state index is 0.230. The Morgan fingerprint density at radius 1 is 1.37 bits per heavy atom. The molecule has 0 heterocycles. The van der Waals surface area contributed by atoms with Crippen LogP contribution in [0.2, 0.25) is 0 Å². The molecular formula is C17H26O2. The summed E-state index contributed by atoms with van der Waals surface area (Å²) in [6.45, 7) is 8.96. The van der Waals surface area contributed by atoms with E-state index < -0.39 is 5.97 Å². The van der Waals surface area contributed by atoms with Gasteiger partial charge in [0.25, 0.3) is 0 Å². The number of hydrogen-bond donors (Lipinski definition) is 1. The zero-order valence-electron chi connectivity index (χ0n) is 12.6. The maximum atomic E-state index is 10.9. The highest BCUT2D eigenvalue weighted by atomic mass is 16.4. The standard InChI is InChI=1S/C17H26O2/c1-10(2)14-8-15-11(3)5-13(7-17(18)19)6-12(4)16(15)9-14/h5,12-13,15-16H,6-9H2,1-4H3,(H,18,19). The Balaban J connectivity index is 2.22. The summed E-state index contributed by atoms with van der Waals surface area (Å²) >= 11 is 0. The van der Waals surface area contributed by atoms with Gasteiger partial charge in [0.15, 0.2) is 0 Å². The van der Waals surface area contributed by atoms with Crippen molar-refractivity contribution in [3.8, 4) is 0 Å². The SMILES string of the molecule is CC1=CC(CC(=O)O)CC(C)C2CC(=C(C)C)CC12. The molecule has 2 aliphatic rings. The third-order valence-electron chi connectivity index (χ3n) is 5.10. The van der Waals surface area contributed by atoms with E-state index in [1.165, 1.54) is 24.0 Å². The Kier molecular flexibility index (Phi) is 4.17. The van der Waals surface area contributed by atoms with Crippen molar-refractivity contribution in [2.45, 2.75) is 53.4 Å². The first kappa shape index (κ1) is 14.4. The summed E-state index contributed by atoms with van der Waals surface area (Å²) in [4.78, 5) is 10.9. The van der Waals surface area contributed by atoms with Crippen LogP contribution in [0.4, 0.5) is 0 Å². The van der Waals surface area contributed by atoms with Crippen LogP contribution in [0.3, 0.4) is 0 Å². The number of aliphatic carboxylic acids is 1. The van der Waals surface area contributed by atoms with Gasteiger partial charge >= 0.3 is 5.97 Å². The summed E-state index contributed by atoms with van der Waals surface area (Å²) in [5, 5.41) is 9.01. The van der Waals surface area contributed by atoms with Crippen molar-refractivity contribution in [3.05, 3.63) is 22.8 Å². The van der Waals surface area contributed by atoms with Crippen molar-refractivity contribution in [2.24, 2.45) is 23.7 Å². The first-order valence-corrected chi connectivity index (χ1v) is 7.43. The van der Waals surface area contributed by atoms with E-state index in [0.717, 1.165) is 12.3 Å². The Morgan fingerprint density at radius 2 is 2.05 bits per heavy atom. The van der Waals surface area contributed by atoms with Gasteiger partial charge in [-0.2, -0.15) is 0 Å². The molecule has 2 aliphatic carbocycles. The predicted octanol–water partition coefficient (Wildman–Crippen LogP) is 4.43. The maximum Gasteiger partial charge on any atom is 0.303 e. The molecule has 2 heteroatoms. The van der Waals surface area contributed by atoms with E-state index in [4.69, 9.17) is 5.11 Å². The number of rotatable bonds is 2. The van der Waals surface area contributed by atoms with Crippen LogP contribution in [0.15, 0.2) is 22.8 Å². The molecule has 0 aromatic carbocycles. The number of carboxylic acids is 1. The molecule has 0 amide bonds. The number of carbonyl (C=O) groups is 1. The van der Waals surface area contributed by atoms with Crippen molar-refractivity contribution >= 4 is 5.97 Å². The van der Waals surface area contributed by atoms with Crippen LogP contribution >= 0.6 is 0 Å². The van der Waals surface area contributed by atoms with E-state index in [-0.39, 0.29) is 12.3 Å². The Morgan fingerprint density at radius 3 is 2.63 bits per heavy atom. The lowest BCUT2D eigenvalue weighted by molar-refractivity contribution is -0.137. The number of carboxylic acid groups (broad SMARTS) is 1. The van der Waals surface area contributed by atoms with E-state index >= 15 is 0 Å². The summed E-state index contributed by atoms with van der Waals surface area (Å²) in [5.74, 6) is 1.56. The zero-order chi connectivity index (χ0) is 14.2. The molecule has 2 rings (SSSR count). The van der Waals surface area contributed by atoms with E-state index in [0.29, 0.717) is 11.8 Å². The summed E-state index contributed by atoms with van der Waals surface area (Å²) in [5.41, 5.74) is 4.54. The molecule has 1 N–H and O–H groups in total. The van der Waals surface area contributed by atoms with E-state index in [2.05, 4.69) is 33.8 Å². The van der Waals surface area contributed by atoms with Crippen molar-refractivity contribution in [1.29, 1.82) is 0 Å². The smallest absolute Gasteiger partial charge is 0.303 e. The molecule has 106 valence electrons. The van der Waals surface area contributed by atoms with Gasteiger partial charge in [0, 0.05) is 0 Å². The molecular weight excluding hydrogens is 236 g/mol. The van der Waals surface area contributed by atoms with Crippen LogP contribution in [0.25, 0.3) is 0 Å². The number of fused-ring (bicyclic) bond motifs is 1. The average Bonchev–Trinajstić information content (AvgIpc) is 2.68. The normalized spacial score (nSPS) is 34.5. The molecule has 0 spiro atoms. The highest BCUT2D eigenvalue weighted by Crippen LogP contribution is 2.49. The first-order chi connectivity index (χ1) is 8.88. The quantitative estimate of drug-likeness (QED) is 0.748. The molecule has 0 saturated heterocycles. The molecule has 0 aliphatic heterocycles. The van der Waals surface area contributed by atoms with Gasteiger partial charge in [-0.15, -0.1) is 0 Å². The van der Waals surface area contributed by atoms with Crippen LogP contribution in [-0.2, 0) is 4.79 Å². The van der Waals surface area contributed by atoms with Crippen LogP contribution in [0.5, 0.6) is 0 Å². The molecule has 1 saturated carbocycles. The molecule has 0 radical (unpaired) electrons. The summed E-state index contributed by atoms with van der Waals surface area (Å²) in [7, 11) is 0. The topological polar surface area (TPSA) is 37.3 Å². The Hall–Kier alpha value is -1.05. The van der Waals surface area contributed by atoms with Gasteiger partial charge in [0.1, 0.15) is 0 Å². The molecule has 0 aromatic rings.